The highest BCUT2D eigenvalue weighted by Gasteiger charge is 2.15. The first kappa shape index (κ1) is 16.7. The van der Waals surface area contributed by atoms with Crippen LogP contribution in [0, 0.1) is 0 Å². The molecule has 23 heavy (non-hydrogen) atoms. The van der Waals surface area contributed by atoms with Crippen LogP contribution < -0.4 is 5.32 Å². The Balaban J connectivity index is 1.87. The van der Waals surface area contributed by atoms with Gasteiger partial charge in [0.05, 0.1) is 12.7 Å². The lowest BCUT2D eigenvalue weighted by molar-refractivity contribution is 0.0525. The molecule has 0 bridgehead atoms. The molecule has 6 heteroatoms. The van der Waals surface area contributed by atoms with Crippen molar-refractivity contribution in [3.63, 3.8) is 0 Å². The number of hydrogen-bond donors (Lipinski definition) is 1. The van der Waals surface area contributed by atoms with Crippen molar-refractivity contribution in [1.29, 1.82) is 0 Å². The third-order valence-electron chi connectivity index (χ3n) is 3.02. The highest BCUT2D eigenvalue weighted by Crippen LogP contribution is 2.18. The molecule has 2 aromatic rings. The van der Waals surface area contributed by atoms with Crippen LogP contribution in [0.5, 0.6) is 0 Å². The summed E-state index contributed by atoms with van der Waals surface area (Å²) in [5.74, 6) is 0. The summed E-state index contributed by atoms with van der Waals surface area (Å²) in [4.78, 5) is 22.2. The number of aldehydes is 1. The summed E-state index contributed by atoms with van der Waals surface area (Å²) < 4.78 is 6.91. The van der Waals surface area contributed by atoms with Gasteiger partial charge in [-0.25, -0.2) is 4.79 Å². The average molecular weight is 315 g/mol. The monoisotopic (exact) mass is 315 g/mol. The fraction of sp³-hybridized carbons (Fsp3) is 0.353. The van der Waals surface area contributed by atoms with E-state index in [0.29, 0.717) is 18.7 Å². The van der Waals surface area contributed by atoms with Crippen LogP contribution in [0.3, 0.4) is 0 Å². The molecular weight excluding hydrogens is 294 g/mol. The zero-order valence-electron chi connectivity index (χ0n) is 13.6. The molecule has 6 nitrogen and oxygen atoms in total. The zero-order valence-corrected chi connectivity index (χ0v) is 13.6. The minimum absolute atomic E-state index is 0.431. The lowest BCUT2D eigenvalue weighted by Gasteiger charge is -2.19. The van der Waals surface area contributed by atoms with Gasteiger partial charge in [-0.1, -0.05) is 24.3 Å². The number of benzene rings is 1. The standard InChI is InChI=1S/C17H21N3O3/c1-17(2,3)23-16(22)18-8-9-20-11-15(10-19-20)14-6-4-13(12-21)5-7-14/h4-7,10-12H,8-9H2,1-3H3,(H,18,22). The lowest BCUT2D eigenvalue weighted by atomic mass is 10.1. The number of amides is 1. The number of nitrogens with one attached hydrogen (secondary N) is 1. The average Bonchev–Trinajstić information content (AvgIpc) is 2.94. The molecule has 1 aromatic heterocycles. The van der Waals surface area contributed by atoms with E-state index in [1.807, 2.05) is 39.1 Å². The van der Waals surface area contributed by atoms with Crippen LogP contribution in [-0.2, 0) is 11.3 Å². The van der Waals surface area contributed by atoms with Crippen molar-refractivity contribution in [2.45, 2.75) is 32.9 Å². The van der Waals surface area contributed by atoms with E-state index in [-0.39, 0.29) is 0 Å². The molecule has 0 saturated carbocycles. The minimum Gasteiger partial charge on any atom is -0.444 e. The predicted octanol–water partition coefficient (Wildman–Crippen LogP) is 2.89. The van der Waals surface area contributed by atoms with E-state index in [2.05, 4.69) is 10.4 Å². The van der Waals surface area contributed by atoms with Crippen LogP contribution >= 0.6 is 0 Å². The number of hydrogen-bond acceptors (Lipinski definition) is 4. The van der Waals surface area contributed by atoms with Gasteiger partial charge in [0.2, 0.25) is 0 Å². The second-order valence-electron chi connectivity index (χ2n) is 6.16. The molecule has 0 aliphatic carbocycles. The smallest absolute Gasteiger partial charge is 0.407 e. The third kappa shape index (κ3) is 5.25. The Bertz CT molecular complexity index is 669. The first-order valence-electron chi connectivity index (χ1n) is 7.42. The first-order valence-corrected chi connectivity index (χ1v) is 7.42. The SMILES string of the molecule is CC(C)(C)OC(=O)NCCn1cc(-c2ccc(C=O)cc2)cn1. The Morgan fingerprint density at radius 2 is 1.96 bits per heavy atom. The van der Waals surface area contributed by atoms with Gasteiger partial charge in [0, 0.05) is 23.9 Å². The van der Waals surface area contributed by atoms with E-state index in [4.69, 9.17) is 4.74 Å². The Morgan fingerprint density at radius 1 is 1.26 bits per heavy atom. The van der Waals surface area contributed by atoms with E-state index in [9.17, 15) is 9.59 Å². The van der Waals surface area contributed by atoms with Crippen molar-refractivity contribution in [3.05, 3.63) is 42.2 Å². The van der Waals surface area contributed by atoms with E-state index in [1.54, 1.807) is 23.0 Å². The highest BCUT2D eigenvalue weighted by atomic mass is 16.6. The first-order chi connectivity index (χ1) is 10.9. The Hall–Kier alpha value is -2.63. The summed E-state index contributed by atoms with van der Waals surface area (Å²) in [5, 5.41) is 6.95. The molecule has 122 valence electrons. The molecule has 0 unspecified atom stereocenters. The number of aromatic nitrogens is 2. The highest BCUT2D eigenvalue weighted by molar-refractivity contribution is 5.76. The van der Waals surface area contributed by atoms with Crippen molar-refractivity contribution >= 4 is 12.4 Å². The van der Waals surface area contributed by atoms with Gasteiger partial charge in [-0.05, 0) is 26.3 Å². The largest absolute Gasteiger partial charge is 0.444 e. The molecule has 0 aliphatic rings. The number of nitrogens with zero attached hydrogens (tertiary/aromatic N) is 2. The van der Waals surface area contributed by atoms with Crippen molar-refractivity contribution in [2.75, 3.05) is 6.54 Å². The molecule has 0 spiro atoms. The van der Waals surface area contributed by atoms with Gasteiger partial charge >= 0.3 is 6.09 Å². The maximum Gasteiger partial charge on any atom is 0.407 e. The van der Waals surface area contributed by atoms with E-state index >= 15 is 0 Å². The van der Waals surface area contributed by atoms with Crippen LogP contribution in [0.1, 0.15) is 31.1 Å². The summed E-state index contributed by atoms with van der Waals surface area (Å²) in [6.45, 7) is 6.44. The maximum absolute atomic E-state index is 11.5. The van der Waals surface area contributed by atoms with E-state index < -0.39 is 11.7 Å². The normalized spacial score (nSPS) is 11.1. The van der Waals surface area contributed by atoms with Gasteiger partial charge in [0.25, 0.3) is 0 Å². The zero-order chi connectivity index (χ0) is 16.9. The Labute approximate surface area is 135 Å². The van der Waals surface area contributed by atoms with Crippen molar-refractivity contribution < 1.29 is 14.3 Å². The second-order valence-corrected chi connectivity index (χ2v) is 6.16. The van der Waals surface area contributed by atoms with Crippen molar-refractivity contribution in [1.82, 2.24) is 15.1 Å². The minimum atomic E-state index is -0.503. The van der Waals surface area contributed by atoms with Gasteiger partial charge in [0.1, 0.15) is 11.9 Å². The molecule has 1 heterocycles. The second kappa shape index (κ2) is 7.09. The lowest BCUT2D eigenvalue weighted by Crippen LogP contribution is -2.34. The molecule has 2 rings (SSSR count). The molecule has 1 aromatic carbocycles. The summed E-state index contributed by atoms with van der Waals surface area (Å²) in [6.07, 6.45) is 4.03. The van der Waals surface area contributed by atoms with Gasteiger partial charge in [-0.2, -0.15) is 5.10 Å². The fourth-order valence-electron chi connectivity index (χ4n) is 1.98. The summed E-state index contributed by atoms with van der Waals surface area (Å²) >= 11 is 0. The maximum atomic E-state index is 11.5. The van der Waals surface area contributed by atoms with Gasteiger partial charge in [0.15, 0.2) is 0 Å². The van der Waals surface area contributed by atoms with Crippen LogP contribution in [0.25, 0.3) is 11.1 Å². The molecule has 0 fully saturated rings. The molecule has 1 amide bonds. The topological polar surface area (TPSA) is 73.2 Å². The number of carbonyl (C=O) groups excluding carboxylic acids is 2. The number of carbonyl (C=O) groups is 2. The van der Waals surface area contributed by atoms with E-state index in [1.165, 1.54) is 0 Å². The van der Waals surface area contributed by atoms with Gasteiger partial charge in [-0.3, -0.25) is 9.48 Å². The quantitative estimate of drug-likeness (QED) is 0.861. The number of ether oxygens (including phenoxy) is 1. The third-order valence-corrected chi connectivity index (χ3v) is 3.02. The van der Waals surface area contributed by atoms with Crippen LogP contribution in [0.4, 0.5) is 4.79 Å². The Kier molecular flexibility index (Phi) is 5.16. The molecular formula is C17H21N3O3. The van der Waals surface area contributed by atoms with Crippen molar-refractivity contribution in [3.8, 4) is 11.1 Å². The number of alkyl carbamates (subject to hydrolysis) is 1. The van der Waals surface area contributed by atoms with E-state index in [0.717, 1.165) is 17.4 Å². The summed E-state index contributed by atoms with van der Waals surface area (Å²) in [5.41, 5.74) is 2.08. The van der Waals surface area contributed by atoms with Crippen LogP contribution in [0.15, 0.2) is 36.7 Å². The van der Waals surface area contributed by atoms with Crippen LogP contribution in [0.2, 0.25) is 0 Å². The summed E-state index contributed by atoms with van der Waals surface area (Å²) in [7, 11) is 0. The molecule has 0 atom stereocenters. The van der Waals surface area contributed by atoms with Gasteiger partial charge in [-0.15, -0.1) is 0 Å². The molecule has 1 N–H and O–H groups in total. The number of rotatable bonds is 5. The summed E-state index contributed by atoms with van der Waals surface area (Å²) in [6, 6.07) is 7.29. The molecule has 0 saturated heterocycles. The Morgan fingerprint density at radius 3 is 2.57 bits per heavy atom. The van der Waals surface area contributed by atoms with Crippen LogP contribution in [-0.4, -0.2) is 34.3 Å². The molecule has 0 aliphatic heterocycles. The van der Waals surface area contributed by atoms with Crippen molar-refractivity contribution in [2.24, 2.45) is 0 Å². The fourth-order valence-corrected chi connectivity index (χ4v) is 1.98. The predicted molar refractivity (Wildman–Crippen MR) is 87.3 cm³/mol. The molecule has 0 radical (unpaired) electrons. The van der Waals surface area contributed by atoms with Gasteiger partial charge < -0.3 is 10.1 Å².